The van der Waals surface area contributed by atoms with E-state index in [1.54, 1.807) is 38.1 Å². The first-order valence-electron chi connectivity index (χ1n) is 11.8. The highest BCUT2D eigenvalue weighted by atomic mass is 35.5. The van der Waals surface area contributed by atoms with Crippen molar-refractivity contribution in [2.45, 2.75) is 44.3 Å². The maximum atomic E-state index is 14.5. The van der Waals surface area contributed by atoms with E-state index in [1.807, 2.05) is 0 Å². The van der Waals surface area contributed by atoms with Crippen LogP contribution in [-0.4, -0.2) is 43.8 Å². The van der Waals surface area contributed by atoms with Gasteiger partial charge in [-0.15, -0.1) is 0 Å². The number of rotatable bonds is 10. The van der Waals surface area contributed by atoms with Crippen LogP contribution in [-0.2, 0) is 26.2 Å². The van der Waals surface area contributed by atoms with Crippen LogP contribution in [0.3, 0.4) is 0 Å². The van der Waals surface area contributed by atoms with Gasteiger partial charge in [-0.2, -0.15) is 0 Å². The highest BCUT2D eigenvalue weighted by Gasteiger charge is 2.33. The van der Waals surface area contributed by atoms with Crippen LogP contribution in [0.15, 0.2) is 77.7 Å². The van der Waals surface area contributed by atoms with Crippen LogP contribution >= 0.6 is 23.2 Å². The highest BCUT2D eigenvalue weighted by Crippen LogP contribution is 2.31. The fourth-order valence-corrected chi connectivity index (χ4v) is 5.41. The molecule has 0 aromatic heterocycles. The highest BCUT2D eigenvalue weighted by molar-refractivity contribution is 7.92. The lowest BCUT2D eigenvalue weighted by molar-refractivity contribution is -0.139. The Morgan fingerprint density at radius 2 is 1.55 bits per heavy atom. The summed E-state index contributed by atoms with van der Waals surface area (Å²) in [6.07, 6.45) is 0. The van der Waals surface area contributed by atoms with Gasteiger partial charge in [0.2, 0.25) is 11.8 Å². The molecule has 0 unspecified atom stereocenters. The molecule has 0 aliphatic carbocycles. The second-order valence-corrected chi connectivity index (χ2v) is 11.6. The number of carbonyl (C=O) groups excluding carboxylic acids is 2. The average Bonchev–Trinajstić information content (AvgIpc) is 2.88. The minimum absolute atomic E-state index is 0.0508. The van der Waals surface area contributed by atoms with Crippen molar-refractivity contribution in [3.8, 4) is 0 Å². The minimum Gasteiger partial charge on any atom is -0.352 e. The third-order valence-electron chi connectivity index (χ3n) is 5.70. The number of benzene rings is 3. The molecule has 0 saturated heterocycles. The molecule has 0 aliphatic heterocycles. The summed E-state index contributed by atoms with van der Waals surface area (Å²) in [6.45, 7) is 4.12. The number of amides is 2. The predicted molar refractivity (Wildman–Crippen MR) is 147 cm³/mol. The van der Waals surface area contributed by atoms with E-state index < -0.39 is 40.2 Å². The molecule has 11 heteroatoms. The Labute approximate surface area is 232 Å². The van der Waals surface area contributed by atoms with E-state index in [1.165, 1.54) is 55.5 Å². The number of nitrogens with one attached hydrogen (secondary N) is 1. The lowest BCUT2D eigenvalue weighted by Crippen LogP contribution is -2.52. The number of halogens is 3. The number of hydrogen-bond donors (Lipinski definition) is 1. The Bertz CT molecular complexity index is 1400. The van der Waals surface area contributed by atoms with Crippen LogP contribution in [0, 0.1) is 5.82 Å². The van der Waals surface area contributed by atoms with Gasteiger partial charge in [0, 0.05) is 18.2 Å². The molecule has 3 aromatic carbocycles. The van der Waals surface area contributed by atoms with Gasteiger partial charge in [-0.3, -0.25) is 13.9 Å². The lowest BCUT2D eigenvalue weighted by atomic mass is 10.1. The quantitative estimate of drug-likeness (QED) is 0.354. The Hall–Kier alpha value is -3.14. The van der Waals surface area contributed by atoms with E-state index in [2.05, 4.69) is 5.32 Å². The number of nitrogens with zero attached hydrogens (tertiary/aromatic N) is 2. The molecule has 7 nitrogen and oxygen atoms in total. The number of sulfonamides is 1. The first kappa shape index (κ1) is 29.4. The molecule has 0 saturated carbocycles. The summed E-state index contributed by atoms with van der Waals surface area (Å²) < 4.78 is 42.8. The van der Waals surface area contributed by atoms with Gasteiger partial charge < -0.3 is 10.2 Å². The molecule has 0 bridgehead atoms. The van der Waals surface area contributed by atoms with Crippen molar-refractivity contribution in [1.82, 2.24) is 10.2 Å². The molecule has 2 amide bonds. The van der Waals surface area contributed by atoms with Crippen molar-refractivity contribution < 1.29 is 22.4 Å². The third kappa shape index (κ3) is 7.03. The molecular formula is C27H28Cl2FN3O4S. The average molecular weight is 581 g/mol. The molecule has 0 spiro atoms. The zero-order valence-electron chi connectivity index (χ0n) is 21.1. The molecule has 1 N–H and O–H groups in total. The SMILES string of the molecule is CC(C)NC(=O)[C@H](C)N(Cc1ccccc1F)C(=O)CN(c1ccc(Cl)c(Cl)c1)S(=O)(=O)c1ccccc1. The number of hydrogen-bond acceptors (Lipinski definition) is 4. The molecule has 0 heterocycles. The van der Waals surface area contributed by atoms with Crippen LogP contribution in [0.25, 0.3) is 0 Å². The molecule has 38 heavy (non-hydrogen) atoms. The standard InChI is InChI=1S/C27H28Cl2FN3O4S/c1-18(2)31-27(35)19(3)32(16-20-9-7-8-12-25(20)30)26(34)17-33(21-13-14-23(28)24(29)15-21)38(36,37)22-10-5-4-6-11-22/h4-15,18-19H,16-17H2,1-3H3,(H,31,35)/t19-/m0/s1. The molecule has 3 rings (SSSR count). The summed E-state index contributed by atoms with van der Waals surface area (Å²) in [6, 6.07) is 16.4. The van der Waals surface area contributed by atoms with Gasteiger partial charge in [0.05, 0.1) is 20.6 Å². The molecule has 0 fully saturated rings. The van der Waals surface area contributed by atoms with E-state index >= 15 is 0 Å². The Morgan fingerprint density at radius 3 is 2.16 bits per heavy atom. The van der Waals surface area contributed by atoms with Crippen LogP contribution in [0.5, 0.6) is 0 Å². The van der Waals surface area contributed by atoms with Gasteiger partial charge in [0.1, 0.15) is 18.4 Å². The first-order chi connectivity index (χ1) is 17.9. The van der Waals surface area contributed by atoms with Gasteiger partial charge in [-0.1, -0.05) is 59.6 Å². The van der Waals surface area contributed by atoms with Crippen molar-refractivity contribution in [3.63, 3.8) is 0 Å². The monoisotopic (exact) mass is 579 g/mol. The van der Waals surface area contributed by atoms with Gasteiger partial charge in [-0.05, 0) is 57.2 Å². The van der Waals surface area contributed by atoms with E-state index in [-0.39, 0.29) is 38.8 Å². The minimum atomic E-state index is -4.25. The zero-order valence-corrected chi connectivity index (χ0v) is 23.4. The molecular weight excluding hydrogens is 552 g/mol. The topological polar surface area (TPSA) is 86.8 Å². The largest absolute Gasteiger partial charge is 0.352 e. The van der Waals surface area contributed by atoms with Gasteiger partial charge >= 0.3 is 0 Å². The van der Waals surface area contributed by atoms with E-state index in [0.717, 1.165) is 9.21 Å². The van der Waals surface area contributed by atoms with Crippen molar-refractivity contribution in [2.75, 3.05) is 10.8 Å². The molecule has 1 atom stereocenters. The summed E-state index contributed by atoms with van der Waals surface area (Å²) in [5.41, 5.74) is 0.277. The Balaban J connectivity index is 2.06. The summed E-state index contributed by atoms with van der Waals surface area (Å²) in [5, 5.41) is 3.05. The van der Waals surface area contributed by atoms with Crippen molar-refractivity contribution in [1.29, 1.82) is 0 Å². The summed E-state index contributed by atoms with van der Waals surface area (Å²) in [7, 11) is -4.25. The van der Waals surface area contributed by atoms with Gasteiger partial charge in [0.15, 0.2) is 0 Å². The molecule has 3 aromatic rings. The van der Waals surface area contributed by atoms with E-state index in [0.29, 0.717) is 0 Å². The van der Waals surface area contributed by atoms with Crippen LogP contribution < -0.4 is 9.62 Å². The van der Waals surface area contributed by atoms with Crippen LogP contribution in [0.4, 0.5) is 10.1 Å². The van der Waals surface area contributed by atoms with E-state index in [4.69, 9.17) is 23.2 Å². The van der Waals surface area contributed by atoms with Gasteiger partial charge in [0.25, 0.3) is 10.0 Å². The second kappa shape index (κ2) is 12.6. The van der Waals surface area contributed by atoms with Crippen molar-refractivity contribution in [2.24, 2.45) is 0 Å². The fraction of sp³-hybridized carbons (Fsp3) is 0.259. The summed E-state index contributed by atoms with van der Waals surface area (Å²) in [4.78, 5) is 27.7. The van der Waals surface area contributed by atoms with E-state index in [9.17, 15) is 22.4 Å². The normalized spacial score (nSPS) is 12.2. The maximum Gasteiger partial charge on any atom is 0.264 e. The van der Waals surface area contributed by atoms with Crippen molar-refractivity contribution in [3.05, 3.63) is 94.2 Å². The third-order valence-corrected chi connectivity index (χ3v) is 8.23. The van der Waals surface area contributed by atoms with Crippen LogP contribution in [0.2, 0.25) is 10.0 Å². The Kier molecular flexibility index (Phi) is 9.76. The predicted octanol–water partition coefficient (Wildman–Crippen LogP) is 5.27. The number of anilines is 1. The number of carbonyl (C=O) groups is 2. The maximum absolute atomic E-state index is 14.5. The van der Waals surface area contributed by atoms with Crippen molar-refractivity contribution >= 4 is 50.7 Å². The fourth-order valence-electron chi connectivity index (χ4n) is 3.69. The zero-order chi connectivity index (χ0) is 28.0. The summed E-state index contributed by atoms with van der Waals surface area (Å²) in [5.74, 6) is -1.73. The molecule has 0 aliphatic rings. The Morgan fingerprint density at radius 1 is 0.921 bits per heavy atom. The van der Waals surface area contributed by atoms with Crippen LogP contribution in [0.1, 0.15) is 26.3 Å². The summed E-state index contributed by atoms with van der Waals surface area (Å²) >= 11 is 12.2. The smallest absolute Gasteiger partial charge is 0.264 e. The molecule has 0 radical (unpaired) electrons. The molecule has 202 valence electrons. The first-order valence-corrected chi connectivity index (χ1v) is 14.0. The second-order valence-electron chi connectivity index (χ2n) is 8.88. The van der Waals surface area contributed by atoms with Gasteiger partial charge in [-0.25, -0.2) is 12.8 Å². The lowest BCUT2D eigenvalue weighted by Gasteiger charge is -2.32.